The van der Waals surface area contributed by atoms with Crippen LogP contribution in [0.15, 0.2) is 33.4 Å². The van der Waals surface area contributed by atoms with Crippen molar-refractivity contribution in [2.24, 2.45) is 10.8 Å². The Balaban J connectivity index is 2.56. The molecule has 0 atom stereocenters. The summed E-state index contributed by atoms with van der Waals surface area (Å²) in [4.78, 5) is 0. The van der Waals surface area contributed by atoms with E-state index in [2.05, 4.69) is 69.2 Å². The summed E-state index contributed by atoms with van der Waals surface area (Å²) < 4.78 is 3.70. The van der Waals surface area contributed by atoms with Gasteiger partial charge in [-0.25, -0.2) is 0 Å². The standard InChI is InChI=1S/2C12H19.Eu/c2*1-6-7-11-8-12(4,5)10(3)9(11)2;/h2*6-7H2,1-5H3;. The minimum atomic E-state index is -0.590. The van der Waals surface area contributed by atoms with E-state index in [4.69, 9.17) is 0 Å². The molecule has 25 heavy (non-hydrogen) atoms. The maximum atomic E-state index is 2.48. The molecule has 0 aliphatic heterocycles. The Morgan fingerprint density at radius 2 is 0.960 bits per heavy atom. The van der Waals surface area contributed by atoms with Gasteiger partial charge < -0.3 is 0 Å². The van der Waals surface area contributed by atoms with Crippen LogP contribution < -0.4 is 0 Å². The third-order valence-electron chi connectivity index (χ3n) is 6.72. The number of hydrogen-bond donors (Lipinski definition) is 0. The average Bonchev–Trinajstić information content (AvgIpc) is 2.80. The molecule has 0 amide bonds. The zero-order valence-corrected chi connectivity index (χ0v) is 20.6. The van der Waals surface area contributed by atoms with E-state index in [0.29, 0.717) is 0 Å². The zero-order chi connectivity index (χ0) is 19.2. The van der Waals surface area contributed by atoms with Crippen LogP contribution in [0.4, 0.5) is 0 Å². The Morgan fingerprint density at radius 1 is 0.640 bits per heavy atom. The van der Waals surface area contributed by atoms with Crippen molar-refractivity contribution >= 4 is 0 Å². The molecule has 2 rings (SSSR count). The van der Waals surface area contributed by atoms with E-state index < -0.39 is 44.6 Å². The van der Waals surface area contributed by atoms with Crippen LogP contribution in [0.25, 0.3) is 0 Å². The number of allylic oxidation sites excluding steroid dienone is 8. The van der Waals surface area contributed by atoms with Crippen LogP contribution in [0.3, 0.4) is 0 Å². The summed E-state index contributed by atoms with van der Waals surface area (Å²) in [6.45, 7) is 24.1. The van der Waals surface area contributed by atoms with Gasteiger partial charge in [0.15, 0.2) is 0 Å². The van der Waals surface area contributed by atoms with Gasteiger partial charge in [-0.1, -0.05) is 0 Å². The van der Waals surface area contributed by atoms with Crippen LogP contribution in [0.2, 0.25) is 0 Å². The van der Waals surface area contributed by atoms with Crippen molar-refractivity contribution in [3.8, 4) is 0 Å². The van der Waals surface area contributed by atoms with Crippen molar-refractivity contribution in [2.75, 3.05) is 0 Å². The SMILES string of the molecule is CCCC1=[C]([Eu][C]2=C(CCC)C(C)=C(C)C2(C)C)C(C)(C)C(C)=C1C. The number of hydrogen-bond acceptors (Lipinski definition) is 0. The molecular formula is C24H38Eu. The molecule has 0 aromatic carbocycles. The second-order valence-corrected chi connectivity index (χ2v) is 12.0. The van der Waals surface area contributed by atoms with Gasteiger partial charge in [0.2, 0.25) is 0 Å². The second-order valence-electron chi connectivity index (χ2n) is 8.93. The zero-order valence-electron chi connectivity index (χ0n) is 18.2. The molecule has 0 saturated carbocycles. The summed E-state index contributed by atoms with van der Waals surface area (Å²) >= 11 is -0.590. The Kier molecular flexibility index (Phi) is 6.89. The van der Waals surface area contributed by atoms with E-state index in [0.717, 1.165) is 0 Å². The van der Waals surface area contributed by atoms with Crippen LogP contribution in [0, 0.1) is 55.5 Å². The summed E-state index contributed by atoms with van der Waals surface area (Å²) in [5, 5.41) is 0. The van der Waals surface area contributed by atoms with Crippen molar-refractivity contribution in [3.63, 3.8) is 0 Å². The fourth-order valence-electron chi connectivity index (χ4n) is 4.34. The van der Waals surface area contributed by atoms with Gasteiger partial charge in [0.1, 0.15) is 0 Å². The normalized spacial score (nSPS) is 22.8. The first-order valence-electron chi connectivity index (χ1n) is 10.00. The third kappa shape index (κ3) is 3.64. The number of rotatable bonds is 6. The van der Waals surface area contributed by atoms with E-state index in [1.807, 2.05) is -0.0654 Å². The molecule has 0 heterocycles. The molecule has 2 aliphatic rings. The summed E-state index contributed by atoms with van der Waals surface area (Å²) in [7, 11) is 0. The molecular weight excluding hydrogens is 440 g/mol. The van der Waals surface area contributed by atoms with Crippen molar-refractivity contribution < 1.29 is 44.6 Å². The van der Waals surface area contributed by atoms with Gasteiger partial charge in [-0.2, -0.15) is 0 Å². The fourth-order valence-corrected chi connectivity index (χ4v) is 9.62. The molecule has 2 aliphatic carbocycles. The first-order chi connectivity index (χ1) is 11.5. The minimum absolute atomic E-state index is 0.276. The first-order valence-corrected chi connectivity index (χ1v) is 12.4. The molecule has 0 aromatic heterocycles. The second kappa shape index (κ2) is 7.88. The Bertz CT molecular complexity index is 630. The monoisotopic (exact) mass is 479 g/mol. The predicted octanol–water partition coefficient (Wildman–Crippen LogP) is 7.93. The van der Waals surface area contributed by atoms with Gasteiger partial charge in [0.05, 0.1) is 0 Å². The molecule has 0 fully saturated rings. The summed E-state index contributed by atoms with van der Waals surface area (Å²) in [6, 6.07) is 0. The van der Waals surface area contributed by atoms with Crippen LogP contribution in [0.5, 0.6) is 0 Å². The topological polar surface area (TPSA) is 0 Å². The maximum absolute atomic E-state index is 2.48. The molecule has 0 radical (unpaired) electrons. The van der Waals surface area contributed by atoms with Gasteiger partial charge in [-0.3, -0.25) is 0 Å². The first kappa shape index (κ1) is 21.8. The predicted molar refractivity (Wildman–Crippen MR) is 108 cm³/mol. The fraction of sp³-hybridized carbons (Fsp3) is 0.667. The molecule has 1 heteroatoms. The molecule has 0 saturated heterocycles. The van der Waals surface area contributed by atoms with E-state index >= 15 is 0 Å². The quantitative estimate of drug-likeness (QED) is 0.364. The van der Waals surface area contributed by atoms with Crippen molar-refractivity contribution in [2.45, 2.75) is 94.9 Å². The molecule has 0 aromatic rings. The van der Waals surface area contributed by atoms with Crippen molar-refractivity contribution in [3.05, 3.63) is 33.4 Å². The van der Waals surface area contributed by atoms with E-state index in [1.165, 1.54) is 25.7 Å². The van der Waals surface area contributed by atoms with Gasteiger partial charge in [0.25, 0.3) is 0 Å². The van der Waals surface area contributed by atoms with Gasteiger partial charge >= 0.3 is 184 Å². The Morgan fingerprint density at radius 3 is 1.24 bits per heavy atom. The van der Waals surface area contributed by atoms with Gasteiger partial charge in [-0.15, -0.1) is 0 Å². The molecule has 0 unspecified atom stereocenters. The van der Waals surface area contributed by atoms with Crippen LogP contribution >= 0.6 is 0 Å². The van der Waals surface area contributed by atoms with Gasteiger partial charge in [0, 0.05) is 0 Å². The van der Waals surface area contributed by atoms with Crippen LogP contribution in [-0.4, -0.2) is 0 Å². The van der Waals surface area contributed by atoms with E-state index in [-0.39, 0.29) is 10.8 Å². The van der Waals surface area contributed by atoms with Crippen molar-refractivity contribution in [1.82, 2.24) is 0 Å². The summed E-state index contributed by atoms with van der Waals surface area (Å²) in [5.74, 6) is 0. The molecule has 0 bridgehead atoms. The molecule has 0 N–H and O–H groups in total. The molecule has 141 valence electrons. The van der Waals surface area contributed by atoms with E-state index in [1.54, 1.807) is 33.4 Å². The Labute approximate surface area is 181 Å². The van der Waals surface area contributed by atoms with E-state index in [9.17, 15) is 0 Å². The Hall–Kier alpha value is 0.544. The average molecular weight is 479 g/mol. The summed E-state index contributed by atoms with van der Waals surface area (Å²) in [5.41, 5.74) is 10.5. The van der Waals surface area contributed by atoms with Crippen LogP contribution in [-0.2, 0) is 0 Å². The van der Waals surface area contributed by atoms with Gasteiger partial charge in [-0.05, 0) is 0 Å². The molecule has 0 nitrogen and oxygen atoms in total. The summed E-state index contributed by atoms with van der Waals surface area (Å²) in [6.07, 6.45) is 5.05. The third-order valence-corrected chi connectivity index (χ3v) is 12.4. The van der Waals surface area contributed by atoms with Crippen molar-refractivity contribution in [1.29, 1.82) is 0 Å². The van der Waals surface area contributed by atoms with Crippen LogP contribution in [0.1, 0.15) is 94.9 Å². The molecule has 0 spiro atoms.